The largest absolute Gasteiger partial charge is 0.611 e. The van der Waals surface area contributed by atoms with Crippen LogP contribution in [0.1, 0.15) is 50.4 Å². The van der Waals surface area contributed by atoms with Gasteiger partial charge in [-0.1, -0.05) is 13.3 Å². The summed E-state index contributed by atoms with van der Waals surface area (Å²) in [5, 5.41) is 0. The number of nitrogens with two attached hydrogens (primary N) is 1. The summed E-state index contributed by atoms with van der Waals surface area (Å²) in [4.78, 5) is 9.04. The molecule has 2 N–H and O–H groups in total. The molecule has 0 amide bonds. The van der Waals surface area contributed by atoms with Gasteiger partial charge in [0.1, 0.15) is 22.9 Å². The normalized spacial score (nSPS) is 12.6. The van der Waals surface area contributed by atoms with Gasteiger partial charge in [0.25, 0.3) is 0 Å². The number of anilines is 1. The van der Waals surface area contributed by atoms with E-state index in [1.54, 1.807) is 6.20 Å². The van der Waals surface area contributed by atoms with E-state index in [0.29, 0.717) is 18.0 Å². The van der Waals surface area contributed by atoms with Crippen molar-refractivity contribution in [3.05, 3.63) is 47.4 Å². The molecule has 2 aromatic heterocycles. The van der Waals surface area contributed by atoms with E-state index < -0.39 is 22.8 Å². The summed E-state index contributed by atoms with van der Waals surface area (Å²) in [5.74, 6) is 0.410. The van der Waals surface area contributed by atoms with E-state index in [1.165, 1.54) is 6.07 Å². The summed E-state index contributed by atoms with van der Waals surface area (Å²) >= 11 is -1.47. The fraction of sp³-hybridized carbons (Fsp3) is 0.455. The zero-order valence-electron chi connectivity index (χ0n) is 17.5. The fourth-order valence-corrected chi connectivity index (χ4v) is 4.76. The highest BCUT2D eigenvalue weighted by molar-refractivity contribution is 7.91. The van der Waals surface area contributed by atoms with Crippen molar-refractivity contribution in [3.63, 3.8) is 0 Å². The Morgan fingerprint density at radius 3 is 2.70 bits per heavy atom. The highest BCUT2D eigenvalue weighted by Crippen LogP contribution is 2.25. The lowest BCUT2D eigenvalue weighted by atomic mass is 10.2. The van der Waals surface area contributed by atoms with Crippen LogP contribution in [0.5, 0.6) is 0 Å². The van der Waals surface area contributed by atoms with Gasteiger partial charge < -0.3 is 14.9 Å². The van der Waals surface area contributed by atoms with Gasteiger partial charge in [0.05, 0.1) is 5.52 Å². The second kappa shape index (κ2) is 10.2. The van der Waals surface area contributed by atoms with E-state index in [4.69, 9.17) is 10.7 Å². The Morgan fingerprint density at radius 2 is 1.97 bits per heavy atom. The van der Waals surface area contributed by atoms with Crippen molar-refractivity contribution in [2.75, 3.05) is 11.5 Å². The number of aryl methyl sites for hydroxylation is 3. The van der Waals surface area contributed by atoms with Gasteiger partial charge >= 0.3 is 0 Å². The minimum absolute atomic E-state index is 0.0671. The number of halogens is 2. The van der Waals surface area contributed by atoms with Gasteiger partial charge in [-0.25, -0.2) is 18.7 Å². The van der Waals surface area contributed by atoms with Crippen molar-refractivity contribution < 1.29 is 13.3 Å². The van der Waals surface area contributed by atoms with E-state index in [-0.39, 0.29) is 4.90 Å². The Labute approximate surface area is 178 Å². The summed E-state index contributed by atoms with van der Waals surface area (Å²) in [5.41, 5.74) is 8.88. The van der Waals surface area contributed by atoms with Crippen LogP contribution in [0.15, 0.2) is 29.3 Å². The molecule has 0 aliphatic carbocycles. The van der Waals surface area contributed by atoms with E-state index >= 15 is 0 Å². The summed E-state index contributed by atoms with van der Waals surface area (Å²) in [6.45, 7) is 4.95. The summed E-state index contributed by atoms with van der Waals surface area (Å²) in [7, 11) is 0. The van der Waals surface area contributed by atoms with Crippen molar-refractivity contribution in [1.29, 1.82) is 0 Å². The Morgan fingerprint density at radius 1 is 1.17 bits per heavy atom. The maximum Gasteiger partial charge on any atom is 0.188 e. The third kappa shape index (κ3) is 5.10. The first kappa shape index (κ1) is 22.5. The third-order valence-corrected chi connectivity index (χ3v) is 6.65. The lowest BCUT2D eigenvalue weighted by Gasteiger charge is -2.12. The summed E-state index contributed by atoms with van der Waals surface area (Å²) in [6.07, 6.45) is 7.23. The predicted octanol–water partition coefficient (Wildman–Crippen LogP) is 4.92. The zero-order valence-corrected chi connectivity index (χ0v) is 18.3. The first-order chi connectivity index (χ1) is 14.4. The van der Waals surface area contributed by atoms with Crippen molar-refractivity contribution in [2.24, 2.45) is 0 Å². The molecule has 1 aromatic carbocycles. The van der Waals surface area contributed by atoms with Gasteiger partial charge in [0.15, 0.2) is 16.5 Å². The van der Waals surface area contributed by atoms with Crippen molar-refractivity contribution in [2.45, 2.75) is 63.8 Å². The van der Waals surface area contributed by atoms with Crippen LogP contribution in [-0.4, -0.2) is 24.8 Å². The summed E-state index contributed by atoms with van der Waals surface area (Å²) in [6, 6.07) is 3.18. The number of unbranched alkanes of at least 4 members (excludes halogenated alkanes) is 3. The van der Waals surface area contributed by atoms with Crippen LogP contribution < -0.4 is 5.73 Å². The van der Waals surface area contributed by atoms with Crippen LogP contribution in [0, 0.1) is 18.6 Å². The molecule has 3 rings (SSSR count). The molecular weight excluding hydrogens is 406 g/mol. The number of fused-ring (bicyclic) bond motifs is 1. The number of pyridine rings is 1. The average molecular weight is 435 g/mol. The lowest BCUT2D eigenvalue weighted by molar-refractivity contribution is 0.544. The minimum atomic E-state index is -1.47. The monoisotopic (exact) mass is 434 g/mol. The van der Waals surface area contributed by atoms with Gasteiger partial charge in [-0.15, -0.1) is 0 Å². The molecule has 8 heteroatoms. The van der Waals surface area contributed by atoms with Crippen LogP contribution >= 0.6 is 0 Å². The van der Waals surface area contributed by atoms with Crippen molar-refractivity contribution >= 4 is 28.0 Å². The predicted molar refractivity (Wildman–Crippen MR) is 117 cm³/mol. The quantitative estimate of drug-likeness (QED) is 0.363. The Bertz CT molecular complexity index is 1010. The Hall–Kier alpha value is -2.19. The Kier molecular flexibility index (Phi) is 7.66. The lowest BCUT2D eigenvalue weighted by Crippen LogP contribution is -2.10. The average Bonchev–Trinajstić information content (AvgIpc) is 3.08. The van der Waals surface area contributed by atoms with E-state index in [9.17, 15) is 13.3 Å². The maximum atomic E-state index is 13.8. The van der Waals surface area contributed by atoms with E-state index in [0.717, 1.165) is 73.2 Å². The van der Waals surface area contributed by atoms with Gasteiger partial charge in [-0.05, 0) is 61.5 Å². The molecule has 0 spiro atoms. The molecular formula is C22H28F2N4OS. The van der Waals surface area contributed by atoms with Gasteiger partial charge in [-0.3, -0.25) is 0 Å². The Balaban J connectivity index is 1.62. The summed E-state index contributed by atoms with van der Waals surface area (Å²) < 4.78 is 41.3. The van der Waals surface area contributed by atoms with Gasteiger partial charge in [-0.2, -0.15) is 0 Å². The topological polar surface area (TPSA) is 79.8 Å². The molecule has 0 aliphatic heterocycles. The molecule has 1 unspecified atom stereocenters. The molecule has 0 saturated heterocycles. The first-order valence-corrected chi connectivity index (χ1v) is 11.7. The second-order valence-corrected chi connectivity index (χ2v) is 9.03. The molecule has 0 aliphatic rings. The standard InChI is InChI=1S/C22H28F2N4OS/c1-3-4-8-19-27-20-21(15(2)14-26-22(20)25)28(19)11-6-5-7-12-30(29)18-10-9-16(23)13-17(18)24/h9-10,13-14H,3-8,11-12H2,1-2H3,(H2,25,26). The molecule has 30 heavy (non-hydrogen) atoms. The van der Waals surface area contributed by atoms with Crippen LogP contribution in [0.4, 0.5) is 14.6 Å². The molecule has 1 atom stereocenters. The first-order valence-electron chi connectivity index (χ1n) is 10.4. The van der Waals surface area contributed by atoms with E-state index in [1.807, 2.05) is 6.92 Å². The molecule has 0 fully saturated rings. The molecule has 2 heterocycles. The van der Waals surface area contributed by atoms with Crippen LogP contribution in [0.2, 0.25) is 0 Å². The number of imidazole rings is 1. The SMILES string of the molecule is CCCCc1nc2c(N)ncc(C)c2n1CCCCC[S+]([O-])c1ccc(F)cc1F. The second-order valence-electron chi connectivity index (χ2n) is 7.49. The molecule has 0 saturated carbocycles. The zero-order chi connectivity index (χ0) is 21.7. The van der Waals surface area contributed by atoms with Crippen molar-refractivity contribution in [1.82, 2.24) is 14.5 Å². The minimum Gasteiger partial charge on any atom is -0.611 e. The number of rotatable bonds is 10. The number of hydrogen-bond acceptors (Lipinski definition) is 4. The number of nitrogen functional groups attached to an aromatic ring is 1. The van der Waals surface area contributed by atoms with E-state index in [2.05, 4.69) is 16.5 Å². The number of nitrogens with zero attached hydrogens (tertiary/aromatic N) is 3. The smallest absolute Gasteiger partial charge is 0.188 e. The highest BCUT2D eigenvalue weighted by atomic mass is 32.2. The number of hydrogen-bond donors (Lipinski definition) is 1. The van der Waals surface area contributed by atoms with Crippen molar-refractivity contribution in [3.8, 4) is 0 Å². The van der Waals surface area contributed by atoms with Crippen LogP contribution in [0.3, 0.4) is 0 Å². The van der Waals surface area contributed by atoms with Gasteiger partial charge in [0.2, 0.25) is 0 Å². The fourth-order valence-electron chi connectivity index (χ4n) is 3.58. The van der Waals surface area contributed by atoms with Crippen LogP contribution in [-0.2, 0) is 24.1 Å². The molecule has 3 aromatic rings. The van der Waals surface area contributed by atoms with Crippen LogP contribution in [0.25, 0.3) is 11.0 Å². The molecule has 5 nitrogen and oxygen atoms in total. The molecule has 0 bridgehead atoms. The maximum absolute atomic E-state index is 13.8. The molecule has 0 radical (unpaired) electrons. The third-order valence-electron chi connectivity index (χ3n) is 5.16. The molecule has 162 valence electrons. The van der Waals surface area contributed by atoms with Gasteiger partial charge in [0, 0.05) is 25.2 Å². The highest BCUT2D eigenvalue weighted by Gasteiger charge is 2.18. The number of benzene rings is 1. The number of aromatic nitrogens is 3.